The second-order valence-corrected chi connectivity index (χ2v) is 6.29. The van der Waals surface area contributed by atoms with Crippen molar-refractivity contribution in [2.75, 3.05) is 26.8 Å². The van der Waals surface area contributed by atoms with Crippen LogP contribution in [0.4, 0.5) is 0 Å². The van der Waals surface area contributed by atoms with Gasteiger partial charge < -0.3 is 9.84 Å². The highest BCUT2D eigenvalue weighted by atomic mass is 32.2. The number of rotatable bonds is 8. The molecule has 7 heteroatoms. The third-order valence-corrected chi connectivity index (χ3v) is 4.59. The van der Waals surface area contributed by atoms with Gasteiger partial charge in [-0.05, 0) is 17.7 Å². The first kappa shape index (κ1) is 17.4. The first-order chi connectivity index (χ1) is 9.94. The number of aliphatic hydroxyl groups excluding tert-OH is 1. The van der Waals surface area contributed by atoms with Gasteiger partial charge in [-0.25, -0.2) is 13.2 Å². The number of methoxy groups -OCH3 is 1. The summed E-state index contributed by atoms with van der Waals surface area (Å²) in [7, 11) is -2.34. The van der Waals surface area contributed by atoms with E-state index in [-0.39, 0.29) is 25.4 Å². The number of hydrogen-bond donors (Lipinski definition) is 1. The molecule has 6 nitrogen and oxygen atoms in total. The molecular weight excluding hydrogens is 294 g/mol. The summed E-state index contributed by atoms with van der Waals surface area (Å²) < 4.78 is 30.3. The minimum Gasteiger partial charge on any atom is -0.465 e. The van der Waals surface area contributed by atoms with Crippen LogP contribution >= 0.6 is 0 Å². The van der Waals surface area contributed by atoms with Crippen LogP contribution in [0.3, 0.4) is 0 Å². The van der Waals surface area contributed by atoms with E-state index in [1.807, 2.05) is 0 Å². The van der Waals surface area contributed by atoms with Crippen molar-refractivity contribution in [3.8, 4) is 0 Å². The van der Waals surface area contributed by atoms with Gasteiger partial charge in [0.25, 0.3) is 0 Å². The summed E-state index contributed by atoms with van der Waals surface area (Å²) in [5, 5.41) is 8.94. The molecule has 1 aromatic rings. The van der Waals surface area contributed by atoms with E-state index in [9.17, 15) is 13.2 Å². The quantitative estimate of drug-likeness (QED) is 0.566. The summed E-state index contributed by atoms with van der Waals surface area (Å²) in [5.74, 6) is -0.779. The highest BCUT2D eigenvalue weighted by Crippen LogP contribution is 2.13. The zero-order chi connectivity index (χ0) is 15.9. The van der Waals surface area contributed by atoms with Crippen molar-refractivity contribution < 1.29 is 23.1 Å². The molecule has 0 radical (unpaired) electrons. The Balaban J connectivity index is 2.97. The molecule has 21 heavy (non-hydrogen) atoms. The summed E-state index contributed by atoms with van der Waals surface area (Å²) in [6, 6.07) is 6.25. The minimum atomic E-state index is -3.60. The van der Waals surface area contributed by atoms with Crippen LogP contribution in [-0.2, 0) is 20.5 Å². The highest BCUT2D eigenvalue weighted by molar-refractivity contribution is 7.88. The Morgan fingerprint density at radius 1 is 1.48 bits per heavy atom. The molecule has 0 saturated heterocycles. The minimum absolute atomic E-state index is 0.00501. The van der Waals surface area contributed by atoms with Gasteiger partial charge in [0.15, 0.2) is 0 Å². The largest absolute Gasteiger partial charge is 0.465 e. The summed E-state index contributed by atoms with van der Waals surface area (Å²) in [5.41, 5.74) is 0.771. The maximum absolute atomic E-state index is 12.3. The number of benzene rings is 1. The van der Waals surface area contributed by atoms with Crippen LogP contribution in [0.2, 0.25) is 0 Å². The summed E-state index contributed by atoms with van der Waals surface area (Å²) in [6.45, 7) is 3.36. The molecule has 0 saturated carbocycles. The lowest BCUT2D eigenvalue weighted by Crippen LogP contribution is -2.34. The molecule has 0 atom stereocenters. The topological polar surface area (TPSA) is 83.9 Å². The van der Waals surface area contributed by atoms with Crippen molar-refractivity contribution in [2.24, 2.45) is 0 Å². The van der Waals surface area contributed by atoms with Gasteiger partial charge in [-0.2, -0.15) is 4.31 Å². The molecule has 1 N–H and O–H groups in total. The number of nitrogens with zero attached hydrogens (tertiary/aromatic N) is 1. The first-order valence-corrected chi connectivity index (χ1v) is 7.92. The van der Waals surface area contributed by atoms with Gasteiger partial charge in [-0.3, -0.25) is 0 Å². The van der Waals surface area contributed by atoms with E-state index in [2.05, 4.69) is 11.3 Å². The first-order valence-electron chi connectivity index (χ1n) is 6.31. The molecule has 0 aliphatic heterocycles. The van der Waals surface area contributed by atoms with Gasteiger partial charge in [0.05, 0.1) is 25.0 Å². The fourth-order valence-electron chi connectivity index (χ4n) is 1.81. The molecule has 1 aromatic carbocycles. The highest BCUT2D eigenvalue weighted by Gasteiger charge is 2.21. The molecule has 0 aromatic heterocycles. The van der Waals surface area contributed by atoms with Crippen LogP contribution < -0.4 is 0 Å². The molecule has 0 unspecified atom stereocenters. The van der Waals surface area contributed by atoms with E-state index in [1.165, 1.54) is 19.3 Å². The molecule has 0 fully saturated rings. The van der Waals surface area contributed by atoms with Gasteiger partial charge in [0.2, 0.25) is 10.0 Å². The van der Waals surface area contributed by atoms with E-state index in [0.717, 1.165) is 4.31 Å². The Morgan fingerprint density at radius 2 is 2.19 bits per heavy atom. The molecule has 0 amide bonds. The van der Waals surface area contributed by atoms with Crippen LogP contribution in [0.1, 0.15) is 15.9 Å². The van der Waals surface area contributed by atoms with E-state index < -0.39 is 16.0 Å². The van der Waals surface area contributed by atoms with E-state index in [4.69, 9.17) is 5.11 Å². The number of hydrogen-bond acceptors (Lipinski definition) is 5. The SMILES string of the molecule is C=CCN(CCO)S(=O)(=O)Cc1cccc(C(=O)OC)c1. The van der Waals surface area contributed by atoms with Crippen molar-refractivity contribution in [1.82, 2.24) is 4.31 Å². The van der Waals surface area contributed by atoms with Gasteiger partial charge in [0, 0.05) is 13.1 Å². The fraction of sp³-hybridized carbons (Fsp3) is 0.357. The van der Waals surface area contributed by atoms with Crippen molar-refractivity contribution in [1.29, 1.82) is 0 Å². The third-order valence-electron chi connectivity index (χ3n) is 2.77. The molecule has 0 aliphatic rings. The summed E-state index contributed by atoms with van der Waals surface area (Å²) in [6.07, 6.45) is 1.46. The third kappa shape index (κ3) is 4.96. The van der Waals surface area contributed by atoms with Crippen LogP contribution in [0.25, 0.3) is 0 Å². The second-order valence-electron chi connectivity index (χ2n) is 4.32. The predicted molar refractivity (Wildman–Crippen MR) is 79.3 cm³/mol. The van der Waals surface area contributed by atoms with Crippen molar-refractivity contribution in [3.63, 3.8) is 0 Å². The average Bonchev–Trinajstić information content (AvgIpc) is 2.46. The van der Waals surface area contributed by atoms with Gasteiger partial charge in [-0.1, -0.05) is 18.2 Å². The maximum Gasteiger partial charge on any atom is 0.337 e. The predicted octanol–water partition coefficient (Wildman–Crippen LogP) is 0.783. The number of carbonyl (C=O) groups excluding carboxylic acids is 1. The molecule has 0 bridgehead atoms. The molecule has 116 valence electrons. The molecular formula is C14H19NO5S. The Kier molecular flexibility index (Phi) is 6.54. The average molecular weight is 313 g/mol. The lowest BCUT2D eigenvalue weighted by molar-refractivity contribution is 0.0600. The van der Waals surface area contributed by atoms with E-state index in [1.54, 1.807) is 18.2 Å². The molecule has 0 spiro atoms. The van der Waals surface area contributed by atoms with Crippen LogP contribution in [-0.4, -0.2) is 50.6 Å². The monoisotopic (exact) mass is 313 g/mol. The second kappa shape index (κ2) is 7.92. The number of aliphatic hydroxyl groups is 1. The standard InChI is InChI=1S/C14H19NO5S/c1-3-7-15(8-9-16)21(18,19)11-12-5-4-6-13(10-12)14(17)20-2/h3-6,10,16H,1,7-9,11H2,2H3. The van der Waals surface area contributed by atoms with Gasteiger partial charge in [-0.15, -0.1) is 6.58 Å². The van der Waals surface area contributed by atoms with Crippen molar-refractivity contribution >= 4 is 16.0 Å². The Morgan fingerprint density at radius 3 is 2.76 bits per heavy atom. The fourth-order valence-corrected chi connectivity index (χ4v) is 3.28. The van der Waals surface area contributed by atoms with Gasteiger partial charge >= 0.3 is 5.97 Å². The zero-order valence-electron chi connectivity index (χ0n) is 11.9. The van der Waals surface area contributed by atoms with Crippen molar-refractivity contribution in [3.05, 3.63) is 48.0 Å². The zero-order valence-corrected chi connectivity index (χ0v) is 12.7. The van der Waals surface area contributed by atoms with Gasteiger partial charge in [0.1, 0.15) is 0 Å². The Bertz CT molecular complexity index is 597. The summed E-state index contributed by atoms with van der Waals surface area (Å²) >= 11 is 0. The number of sulfonamides is 1. The number of carbonyl (C=O) groups is 1. The summed E-state index contributed by atoms with van der Waals surface area (Å²) in [4.78, 5) is 11.4. The normalized spacial score (nSPS) is 11.4. The molecule has 1 rings (SSSR count). The van der Waals surface area contributed by atoms with Crippen LogP contribution in [0.15, 0.2) is 36.9 Å². The Labute approximate surface area is 124 Å². The number of esters is 1. The smallest absolute Gasteiger partial charge is 0.337 e. The molecule has 0 heterocycles. The lowest BCUT2D eigenvalue weighted by atomic mass is 10.1. The lowest BCUT2D eigenvalue weighted by Gasteiger charge is -2.19. The number of ether oxygens (including phenoxy) is 1. The molecule has 0 aliphatic carbocycles. The van der Waals surface area contributed by atoms with Crippen molar-refractivity contribution in [2.45, 2.75) is 5.75 Å². The maximum atomic E-state index is 12.3. The Hall–Kier alpha value is -1.70. The van der Waals surface area contributed by atoms with E-state index in [0.29, 0.717) is 11.1 Å². The van der Waals surface area contributed by atoms with Crippen LogP contribution in [0.5, 0.6) is 0 Å². The van der Waals surface area contributed by atoms with E-state index >= 15 is 0 Å². The van der Waals surface area contributed by atoms with Crippen LogP contribution in [0, 0.1) is 0 Å².